The normalized spacial score (nSPS) is 11.9. The number of pyridine rings is 1. The Kier molecular flexibility index (Phi) is 6.28. The van der Waals surface area contributed by atoms with Crippen molar-refractivity contribution in [2.45, 2.75) is 13.5 Å². The highest BCUT2D eigenvalue weighted by Crippen LogP contribution is 2.33. The molecular weight excluding hydrogens is 495 g/mol. The molecule has 1 aromatic heterocycles. The van der Waals surface area contributed by atoms with E-state index >= 15 is 0 Å². The number of nitrogens with zero attached hydrogens (tertiary/aromatic N) is 2. The van der Waals surface area contributed by atoms with Gasteiger partial charge in [-0.25, -0.2) is 13.2 Å². The number of Topliss-reactive ketones (excluding diaryl/α,β-unsaturated/α-hetero) is 1. The summed E-state index contributed by atoms with van der Waals surface area (Å²) in [4.78, 5) is 25.6. The van der Waals surface area contributed by atoms with E-state index in [4.69, 9.17) is 9.47 Å². The van der Waals surface area contributed by atoms with E-state index in [1.807, 2.05) is 0 Å². The number of aromatic hydroxyl groups is 1. The number of rotatable bonds is 6. The van der Waals surface area contributed by atoms with Gasteiger partial charge in [-0.1, -0.05) is 6.07 Å². The summed E-state index contributed by atoms with van der Waals surface area (Å²) in [6.07, 6.45) is 0. The fourth-order valence-electron chi connectivity index (χ4n) is 3.57. The van der Waals surface area contributed by atoms with Crippen molar-refractivity contribution in [3.05, 3.63) is 79.9 Å². The van der Waals surface area contributed by atoms with Gasteiger partial charge in [0.25, 0.3) is 5.56 Å². The summed E-state index contributed by atoms with van der Waals surface area (Å²) in [7, 11) is 0. The molecule has 3 aromatic rings. The predicted octanol–water partition coefficient (Wildman–Crippen LogP) is 3.47. The highest BCUT2D eigenvalue weighted by atomic mass is 19.2. The Morgan fingerprint density at radius 1 is 1.08 bits per heavy atom. The van der Waals surface area contributed by atoms with Crippen LogP contribution in [0.4, 0.5) is 22.0 Å². The van der Waals surface area contributed by atoms with Gasteiger partial charge in [0.1, 0.15) is 11.6 Å². The lowest BCUT2D eigenvalue weighted by molar-refractivity contribution is 0.0908. The number of benzene rings is 2. The van der Waals surface area contributed by atoms with Gasteiger partial charge in [0.05, 0.1) is 12.1 Å². The molecule has 0 amide bonds. The van der Waals surface area contributed by atoms with E-state index in [9.17, 15) is 41.9 Å². The minimum atomic E-state index is -2.41. The number of carbonyl (C=O) groups is 1. The largest absolute Gasteiger partial charge is 0.494 e. The molecule has 1 N–H and O–H groups in total. The number of ether oxygens (including phenoxy) is 3. The Morgan fingerprint density at radius 3 is 2.33 bits per heavy atom. The SMILES string of the molecule is Cc1c(C(=O)COc2c(F)c(F)c(F)c(F)c2F)c(O)n(Cc2ccc3c(c2)OCO3)c(=O)c1C#N. The third-order valence-electron chi connectivity index (χ3n) is 5.37. The Labute approximate surface area is 198 Å². The minimum Gasteiger partial charge on any atom is -0.494 e. The molecule has 1 aliphatic heterocycles. The van der Waals surface area contributed by atoms with E-state index in [-0.39, 0.29) is 18.9 Å². The number of nitriles is 1. The van der Waals surface area contributed by atoms with Crippen LogP contribution < -0.4 is 19.8 Å². The molecular formula is C23H13F5N2O6. The quantitative estimate of drug-likeness (QED) is 0.235. The second kappa shape index (κ2) is 9.21. The number of carbonyl (C=O) groups excluding carboxylic acids is 1. The number of aromatic nitrogens is 1. The number of ketones is 1. The molecule has 0 saturated heterocycles. The smallest absolute Gasteiger partial charge is 0.271 e. The van der Waals surface area contributed by atoms with Crippen LogP contribution in [-0.4, -0.2) is 28.9 Å². The van der Waals surface area contributed by atoms with Crippen LogP contribution in [0.15, 0.2) is 23.0 Å². The summed E-state index contributed by atoms with van der Waals surface area (Å²) in [6.45, 7) is -0.472. The summed E-state index contributed by atoms with van der Waals surface area (Å²) in [6, 6.07) is 6.22. The highest BCUT2D eigenvalue weighted by Gasteiger charge is 2.29. The van der Waals surface area contributed by atoms with Gasteiger partial charge in [-0.05, 0) is 30.2 Å². The highest BCUT2D eigenvalue weighted by molar-refractivity contribution is 6.01. The van der Waals surface area contributed by atoms with E-state index in [0.717, 1.165) is 6.92 Å². The van der Waals surface area contributed by atoms with Crippen molar-refractivity contribution >= 4 is 5.78 Å². The Hall–Kier alpha value is -4.60. The maximum absolute atomic E-state index is 13.9. The van der Waals surface area contributed by atoms with Gasteiger partial charge in [-0.2, -0.15) is 14.0 Å². The molecule has 0 aliphatic carbocycles. The molecule has 186 valence electrons. The van der Waals surface area contributed by atoms with E-state index in [2.05, 4.69) is 4.74 Å². The van der Waals surface area contributed by atoms with Gasteiger partial charge in [0, 0.05) is 0 Å². The maximum Gasteiger partial charge on any atom is 0.271 e. The molecule has 0 radical (unpaired) electrons. The monoisotopic (exact) mass is 508 g/mol. The number of fused-ring (bicyclic) bond motifs is 1. The van der Waals surface area contributed by atoms with Crippen molar-refractivity contribution in [2.24, 2.45) is 0 Å². The Balaban J connectivity index is 1.71. The molecule has 0 bridgehead atoms. The fraction of sp³-hybridized carbons (Fsp3) is 0.174. The van der Waals surface area contributed by atoms with E-state index in [0.29, 0.717) is 21.6 Å². The van der Waals surface area contributed by atoms with Crippen molar-refractivity contribution in [1.29, 1.82) is 5.26 Å². The zero-order chi connectivity index (χ0) is 26.3. The van der Waals surface area contributed by atoms with Gasteiger partial charge < -0.3 is 19.3 Å². The van der Waals surface area contributed by atoms with Crippen LogP contribution in [0.3, 0.4) is 0 Å². The van der Waals surface area contributed by atoms with E-state index in [1.54, 1.807) is 18.2 Å². The lowest BCUT2D eigenvalue weighted by atomic mass is 10.0. The third kappa shape index (κ3) is 3.96. The summed E-state index contributed by atoms with van der Waals surface area (Å²) in [5.41, 5.74) is -1.93. The van der Waals surface area contributed by atoms with E-state index in [1.165, 1.54) is 6.07 Å². The molecule has 0 saturated carbocycles. The van der Waals surface area contributed by atoms with Crippen LogP contribution >= 0.6 is 0 Å². The van der Waals surface area contributed by atoms with E-state index < -0.39 is 69.8 Å². The summed E-state index contributed by atoms with van der Waals surface area (Å²) in [5.74, 6) is -14.6. The van der Waals surface area contributed by atoms with Crippen LogP contribution in [-0.2, 0) is 6.54 Å². The topological polar surface area (TPSA) is 111 Å². The van der Waals surface area contributed by atoms with Crippen LogP contribution in [0, 0.1) is 47.3 Å². The summed E-state index contributed by atoms with van der Waals surface area (Å²) in [5, 5.41) is 20.2. The molecule has 8 nitrogen and oxygen atoms in total. The first-order valence-electron chi connectivity index (χ1n) is 9.99. The molecule has 2 heterocycles. The average Bonchev–Trinajstić information content (AvgIpc) is 3.32. The molecule has 1 aliphatic rings. The number of hydrogen-bond donors (Lipinski definition) is 1. The third-order valence-corrected chi connectivity index (χ3v) is 5.37. The Bertz CT molecular complexity index is 1500. The molecule has 0 atom stereocenters. The van der Waals surface area contributed by atoms with Crippen molar-refractivity contribution in [1.82, 2.24) is 4.57 Å². The van der Waals surface area contributed by atoms with Crippen molar-refractivity contribution < 1.29 is 46.1 Å². The first-order valence-corrected chi connectivity index (χ1v) is 9.99. The standard InChI is InChI=1S/C23H13F5N2O6/c1-9-11(5-29)22(32)30(6-10-2-3-13-14(4-10)36-8-35-13)23(33)15(9)12(31)7-34-21-19(27)17(25)16(24)18(26)20(21)28/h2-4,33H,6-8H2,1H3. The molecule has 0 unspecified atom stereocenters. The molecule has 4 rings (SSSR count). The first-order chi connectivity index (χ1) is 17.1. The molecule has 36 heavy (non-hydrogen) atoms. The second-order valence-corrected chi connectivity index (χ2v) is 7.50. The van der Waals surface area contributed by atoms with Gasteiger partial charge in [0.15, 0.2) is 23.9 Å². The van der Waals surface area contributed by atoms with Crippen LogP contribution in [0.2, 0.25) is 0 Å². The first kappa shape index (κ1) is 24.5. The van der Waals surface area contributed by atoms with Crippen LogP contribution in [0.1, 0.15) is 27.0 Å². The lowest BCUT2D eigenvalue weighted by Gasteiger charge is -2.16. The van der Waals surface area contributed by atoms with Crippen LogP contribution in [0.5, 0.6) is 23.1 Å². The minimum absolute atomic E-state index is 0.0191. The lowest BCUT2D eigenvalue weighted by Crippen LogP contribution is -2.28. The summed E-state index contributed by atoms with van der Waals surface area (Å²) < 4.78 is 83.5. The maximum atomic E-state index is 13.9. The van der Waals surface area contributed by atoms with Crippen LogP contribution in [0.25, 0.3) is 0 Å². The van der Waals surface area contributed by atoms with Gasteiger partial charge in [0.2, 0.25) is 47.5 Å². The molecule has 0 fully saturated rings. The number of halogens is 5. The molecule has 2 aromatic carbocycles. The van der Waals surface area contributed by atoms with Gasteiger partial charge in [-0.15, -0.1) is 0 Å². The molecule has 13 heteroatoms. The predicted molar refractivity (Wildman–Crippen MR) is 110 cm³/mol. The molecule has 0 spiro atoms. The summed E-state index contributed by atoms with van der Waals surface area (Å²) >= 11 is 0. The average molecular weight is 508 g/mol. The fourth-order valence-corrected chi connectivity index (χ4v) is 3.57. The van der Waals surface area contributed by atoms with Gasteiger partial charge >= 0.3 is 0 Å². The van der Waals surface area contributed by atoms with Crippen molar-refractivity contribution in [3.63, 3.8) is 0 Å². The Morgan fingerprint density at radius 2 is 1.69 bits per heavy atom. The second-order valence-electron chi connectivity index (χ2n) is 7.50. The zero-order valence-corrected chi connectivity index (χ0v) is 18.1. The van der Waals surface area contributed by atoms with Crippen molar-refractivity contribution in [3.8, 4) is 29.2 Å². The van der Waals surface area contributed by atoms with Gasteiger partial charge in [-0.3, -0.25) is 14.2 Å². The number of hydrogen-bond acceptors (Lipinski definition) is 7. The zero-order valence-electron chi connectivity index (χ0n) is 18.1. The van der Waals surface area contributed by atoms with Crippen molar-refractivity contribution in [2.75, 3.05) is 13.4 Å².